The van der Waals surface area contributed by atoms with E-state index < -0.39 is 0 Å². The van der Waals surface area contributed by atoms with Crippen LogP contribution in [-0.2, 0) is 7.05 Å². The second-order valence-corrected chi connectivity index (χ2v) is 5.30. The molecule has 0 atom stereocenters. The Hall–Kier alpha value is -1.86. The van der Waals surface area contributed by atoms with E-state index >= 15 is 0 Å². The van der Waals surface area contributed by atoms with E-state index in [0.717, 1.165) is 11.8 Å². The molecule has 0 bridgehead atoms. The van der Waals surface area contributed by atoms with E-state index in [-0.39, 0.29) is 22.2 Å². The molecule has 0 amide bonds. The van der Waals surface area contributed by atoms with Crippen LogP contribution in [0.3, 0.4) is 0 Å². The van der Waals surface area contributed by atoms with Gasteiger partial charge >= 0.3 is 0 Å². The Balaban J connectivity index is 2.50. The molecular weight excluding hydrogens is 286 g/mol. The van der Waals surface area contributed by atoms with Gasteiger partial charge in [0.15, 0.2) is 0 Å². The van der Waals surface area contributed by atoms with Crippen LogP contribution < -0.4 is 22.8 Å². The highest BCUT2D eigenvalue weighted by Crippen LogP contribution is 2.34. The predicted molar refractivity (Wildman–Crippen MR) is 78.3 cm³/mol. The molecule has 0 radical (unpaired) electrons. The second kappa shape index (κ2) is 5.02. The number of rotatable bonds is 2. The van der Waals surface area contributed by atoms with E-state index in [1.54, 1.807) is 18.2 Å². The first-order chi connectivity index (χ1) is 8.90. The summed E-state index contributed by atoms with van der Waals surface area (Å²) < 4.78 is 1.23. The zero-order valence-electron chi connectivity index (χ0n) is 10.1. The van der Waals surface area contributed by atoms with Gasteiger partial charge in [0.1, 0.15) is 10.7 Å². The van der Waals surface area contributed by atoms with Gasteiger partial charge in [0.05, 0.1) is 5.02 Å². The highest BCUT2D eigenvalue weighted by Gasteiger charge is 2.14. The van der Waals surface area contributed by atoms with Crippen molar-refractivity contribution in [1.82, 2.24) is 9.55 Å². The van der Waals surface area contributed by atoms with Crippen LogP contribution in [0, 0.1) is 0 Å². The van der Waals surface area contributed by atoms with Crippen LogP contribution in [0.4, 0.5) is 17.5 Å². The SMILES string of the molecule is Cn1c(N)nc(N)c(Sc2ccc(N)cc2Cl)c1=O. The second-order valence-electron chi connectivity index (χ2n) is 3.84. The molecule has 0 fully saturated rings. The van der Waals surface area contributed by atoms with Crippen molar-refractivity contribution >= 4 is 40.8 Å². The third kappa shape index (κ3) is 2.61. The van der Waals surface area contributed by atoms with Crippen molar-refractivity contribution in [2.45, 2.75) is 9.79 Å². The van der Waals surface area contributed by atoms with Gasteiger partial charge in [-0.05, 0) is 18.2 Å². The fraction of sp³-hybridized carbons (Fsp3) is 0.0909. The fourth-order valence-corrected chi connectivity index (χ4v) is 2.61. The van der Waals surface area contributed by atoms with Gasteiger partial charge in [-0.25, -0.2) is 0 Å². The lowest BCUT2D eigenvalue weighted by molar-refractivity contribution is 0.816. The zero-order chi connectivity index (χ0) is 14.2. The summed E-state index contributed by atoms with van der Waals surface area (Å²) in [7, 11) is 1.53. The standard InChI is InChI=1S/C11H12ClN5OS/c1-17-10(18)8(9(14)16-11(17)15)19-7-3-2-5(13)4-6(7)12/h2-4H,13-14H2,1H3,(H2,15,16). The molecule has 0 aliphatic heterocycles. The van der Waals surface area contributed by atoms with E-state index in [0.29, 0.717) is 15.6 Å². The van der Waals surface area contributed by atoms with Gasteiger partial charge in [-0.15, -0.1) is 0 Å². The molecular formula is C11H12ClN5OS. The number of nitrogens with two attached hydrogens (primary N) is 3. The van der Waals surface area contributed by atoms with Crippen LogP contribution in [0.1, 0.15) is 0 Å². The monoisotopic (exact) mass is 297 g/mol. The minimum absolute atomic E-state index is 0.0650. The summed E-state index contributed by atoms with van der Waals surface area (Å²) in [5, 5.41) is 0.447. The van der Waals surface area contributed by atoms with Crippen molar-refractivity contribution in [3.8, 4) is 0 Å². The normalized spacial score (nSPS) is 10.6. The lowest BCUT2D eigenvalue weighted by Gasteiger charge is -2.09. The number of benzene rings is 1. The first-order valence-electron chi connectivity index (χ1n) is 5.25. The molecule has 1 heterocycles. The summed E-state index contributed by atoms with van der Waals surface area (Å²) >= 11 is 7.19. The van der Waals surface area contributed by atoms with E-state index in [9.17, 15) is 4.79 Å². The third-order valence-electron chi connectivity index (χ3n) is 2.48. The number of nitrogens with zero attached hydrogens (tertiary/aromatic N) is 2. The minimum Gasteiger partial charge on any atom is -0.399 e. The van der Waals surface area contributed by atoms with Gasteiger partial charge in [-0.1, -0.05) is 23.4 Å². The minimum atomic E-state index is -0.317. The molecule has 0 unspecified atom stereocenters. The maximum Gasteiger partial charge on any atom is 0.270 e. The first kappa shape index (κ1) is 13.6. The zero-order valence-corrected chi connectivity index (χ0v) is 11.6. The van der Waals surface area contributed by atoms with Crippen LogP contribution in [-0.4, -0.2) is 9.55 Å². The Morgan fingerprint density at radius 1 is 1.32 bits per heavy atom. The molecule has 0 aliphatic carbocycles. The maximum atomic E-state index is 12.1. The number of anilines is 3. The lowest BCUT2D eigenvalue weighted by Crippen LogP contribution is -2.24. The third-order valence-corrected chi connectivity index (χ3v) is 4.07. The Morgan fingerprint density at radius 2 is 2.00 bits per heavy atom. The van der Waals surface area contributed by atoms with Gasteiger partial charge in [0.2, 0.25) is 5.95 Å². The summed E-state index contributed by atoms with van der Waals surface area (Å²) in [5.74, 6) is 0.147. The molecule has 2 rings (SSSR count). The average Bonchev–Trinajstić information content (AvgIpc) is 2.34. The first-order valence-corrected chi connectivity index (χ1v) is 6.44. The quantitative estimate of drug-likeness (QED) is 0.721. The predicted octanol–water partition coefficient (Wildman–Crippen LogP) is 1.33. The highest BCUT2D eigenvalue weighted by molar-refractivity contribution is 7.99. The number of nitrogen functional groups attached to an aromatic ring is 3. The lowest BCUT2D eigenvalue weighted by atomic mass is 10.3. The molecule has 2 aromatic rings. The summed E-state index contributed by atoms with van der Waals surface area (Å²) in [6.45, 7) is 0. The van der Waals surface area contributed by atoms with Crippen LogP contribution in [0.5, 0.6) is 0 Å². The fourth-order valence-electron chi connectivity index (χ4n) is 1.42. The van der Waals surface area contributed by atoms with Crippen molar-refractivity contribution in [3.05, 3.63) is 33.6 Å². The van der Waals surface area contributed by atoms with Crippen LogP contribution >= 0.6 is 23.4 Å². The Labute approximate surface area is 118 Å². The molecule has 8 heteroatoms. The van der Waals surface area contributed by atoms with Gasteiger partial charge in [-0.3, -0.25) is 9.36 Å². The maximum absolute atomic E-state index is 12.1. The largest absolute Gasteiger partial charge is 0.399 e. The van der Waals surface area contributed by atoms with E-state index in [2.05, 4.69) is 4.98 Å². The molecule has 0 saturated carbocycles. The van der Waals surface area contributed by atoms with Gasteiger partial charge in [0.25, 0.3) is 5.56 Å². The molecule has 6 N–H and O–H groups in total. The van der Waals surface area contributed by atoms with Crippen LogP contribution in [0.25, 0.3) is 0 Å². The number of hydrogen-bond donors (Lipinski definition) is 3. The molecule has 6 nitrogen and oxygen atoms in total. The van der Waals surface area contributed by atoms with Crippen molar-refractivity contribution in [2.75, 3.05) is 17.2 Å². The van der Waals surface area contributed by atoms with Gasteiger partial charge in [-0.2, -0.15) is 4.98 Å². The summed E-state index contributed by atoms with van der Waals surface area (Å²) in [6.07, 6.45) is 0. The van der Waals surface area contributed by atoms with Crippen molar-refractivity contribution < 1.29 is 0 Å². The smallest absolute Gasteiger partial charge is 0.270 e. The van der Waals surface area contributed by atoms with Crippen molar-refractivity contribution in [2.24, 2.45) is 7.05 Å². The molecule has 0 spiro atoms. The molecule has 0 aliphatic rings. The van der Waals surface area contributed by atoms with Gasteiger partial charge in [0, 0.05) is 17.6 Å². The summed E-state index contributed by atoms with van der Waals surface area (Å²) in [6, 6.07) is 5.02. The van der Waals surface area contributed by atoms with E-state index in [1.807, 2.05) is 0 Å². The molecule has 1 aromatic heterocycles. The van der Waals surface area contributed by atoms with Crippen LogP contribution in [0.2, 0.25) is 5.02 Å². The number of aromatic nitrogens is 2. The molecule has 19 heavy (non-hydrogen) atoms. The number of halogens is 1. The number of hydrogen-bond acceptors (Lipinski definition) is 6. The molecule has 100 valence electrons. The Kier molecular flexibility index (Phi) is 3.59. The van der Waals surface area contributed by atoms with E-state index in [1.165, 1.54) is 11.6 Å². The Bertz CT molecular complexity index is 700. The summed E-state index contributed by atoms with van der Waals surface area (Å²) in [4.78, 5) is 16.9. The Morgan fingerprint density at radius 3 is 2.63 bits per heavy atom. The summed E-state index contributed by atoms with van der Waals surface area (Å²) in [5.41, 5.74) is 17.1. The van der Waals surface area contributed by atoms with Crippen molar-refractivity contribution in [3.63, 3.8) is 0 Å². The topological polar surface area (TPSA) is 113 Å². The van der Waals surface area contributed by atoms with Crippen LogP contribution in [0.15, 0.2) is 32.8 Å². The average molecular weight is 298 g/mol. The van der Waals surface area contributed by atoms with Crippen molar-refractivity contribution in [1.29, 1.82) is 0 Å². The highest BCUT2D eigenvalue weighted by atomic mass is 35.5. The van der Waals surface area contributed by atoms with E-state index in [4.69, 9.17) is 28.8 Å². The van der Waals surface area contributed by atoms with Gasteiger partial charge < -0.3 is 17.2 Å². The molecule has 1 aromatic carbocycles. The molecule has 0 saturated heterocycles.